The second kappa shape index (κ2) is 7.10. The van der Waals surface area contributed by atoms with Gasteiger partial charge in [-0.1, -0.05) is 11.6 Å². The summed E-state index contributed by atoms with van der Waals surface area (Å²) in [5.74, 6) is -0.125. The van der Waals surface area contributed by atoms with E-state index in [9.17, 15) is 14.9 Å². The third-order valence-electron chi connectivity index (χ3n) is 3.03. The SMILES string of the molecule is CCOc1ccc(NC(=O)Cn2nc([N+](=O)[O-])c(Cl)c2C)cc1. The molecule has 8 nitrogen and oxygen atoms in total. The number of nitrogens with one attached hydrogen (secondary N) is 1. The van der Waals surface area contributed by atoms with E-state index in [-0.39, 0.29) is 17.5 Å². The highest BCUT2D eigenvalue weighted by Gasteiger charge is 2.24. The number of halogens is 1. The molecule has 2 rings (SSSR count). The van der Waals surface area contributed by atoms with Crippen molar-refractivity contribution in [1.29, 1.82) is 0 Å². The number of amides is 1. The van der Waals surface area contributed by atoms with Gasteiger partial charge in [0.1, 0.15) is 12.3 Å². The highest BCUT2D eigenvalue weighted by molar-refractivity contribution is 6.33. The second-order valence-electron chi connectivity index (χ2n) is 4.64. The average Bonchev–Trinajstić information content (AvgIpc) is 2.78. The molecule has 0 spiro atoms. The highest BCUT2D eigenvalue weighted by Crippen LogP contribution is 2.26. The maximum absolute atomic E-state index is 12.0. The molecule has 1 aromatic carbocycles. The molecule has 2 aromatic rings. The van der Waals surface area contributed by atoms with E-state index in [0.717, 1.165) is 0 Å². The Morgan fingerprint density at radius 3 is 2.61 bits per heavy atom. The van der Waals surface area contributed by atoms with Crippen LogP contribution in [-0.4, -0.2) is 27.2 Å². The molecule has 0 aliphatic heterocycles. The Morgan fingerprint density at radius 2 is 2.09 bits per heavy atom. The summed E-state index contributed by atoms with van der Waals surface area (Å²) in [6.07, 6.45) is 0. The van der Waals surface area contributed by atoms with Gasteiger partial charge in [-0.25, -0.2) is 0 Å². The first-order chi connectivity index (χ1) is 10.9. The number of carbonyl (C=O) groups is 1. The molecule has 1 aromatic heterocycles. The molecule has 0 fully saturated rings. The fraction of sp³-hybridized carbons (Fsp3) is 0.286. The summed E-state index contributed by atoms with van der Waals surface area (Å²) in [6.45, 7) is 3.83. The molecule has 122 valence electrons. The molecule has 23 heavy (non-hydrogen) atoms. The van der Waals surface area contributed by atoms with E-state index in [1.807, 2.05) is 6.92 Å². The van der Waals surface area contributed by atoms with Gasteiger partial charge in [0, 0.05) is 5.69 Å². The summed E-state index contributed by atoms with van der Waals surface area (Å²) in [6, 6.07) is 6.88. The predicted octanol–water partition coefficient (Wildman–Crippen LogP) is 2.79. The number of nitro groups is 1. The standard InChI is InChI=1S/C14H15ClN4O4/c1-3-23-11-6-4-10(5-7-11)16-12(20)8-18-9(2)13(15)14(17-18)19(21)22/h4-7H,3,8H2,1-2H3,(H,16,20). The van der Waals surface area contributed by atoms with E-state index >= 15 is 0 Å². The van der Waals surface area contributed by atoms with Crippen LogP contribution >= 0.6 is 11.6 Å². The number of hydrogen-bond donors (Lipinski definition) is 1. The van der Waals surface area contributed by atoms with Crippen LogP contribution in [0.25, 0.3) is 0 Å². The maximum Gasteiger partial charge on any atom is 0.408 e. The van der Waals surface area contributed by atoms with Crippen molar-refractivity contribution in [2.24, 2.45) is 0 Å². The molecular formula is C14H15ClN4O4. The van der Waals surface area contributed by atoms with E-state index in [4.69, 9.17) is 16.3 Å². The molecule has 0 saturated heterocycles. The molecule has 9 heteroatoms. The summed E-state index contributed by atoms with van der Waals surface area (Å²) in [4.78, 5) is 22.1. The van der Waals surface area contributed by atoms with Gasteiger partial charge in [-0.05, 0) is 43.0 Å². The first-order valence-electron chi connectivity index (χ1n) is 6.82. The smallest absolute Gasteiger partial charge is 0.408 e. The van der Waals surface area contributed by atoms with Crippen LogP contribution < -0.4 is 10.1 Å². The van der Waals surface area contributed by atoms with Crippen molar-refractivity contribution in [2.75, 3.05) is 11.9 Å². The molecule has 0 radical (unpaired) electrons. The molecule has 1 amide bonds. The Bertz CT molecular complexity index is 727. The predicted molar refractivity (Wildman–Crippen MR) is 84.9 cm³/mol. The third kappa shape index (κ3) is 3.98. The summed E-state index contributed by atoms with van der Waals surface area (Å²) in [5.41, 5.74) is 0.948. The molecule has 0 saturated carbocycles. The van der Waals surface area contributed by atoms with Gasteiger partial charge in [-0.3, -0.25) is 4.79 Å². The fourth-order valence-corrected chi connectivity index (χ4v) is 2.12. The number of rotatable bonds is 6. The van der Waals surface area contributed by atoms with Crippen LogP contribution in [0.5, 0.6) is 5.75 Å². The van der Waals surface area contributed by atoms with E-state index in [1.165, 1.54) is 4.68 Å². The van der Waals surface area contributed by atoms with Crippen LogP contribution in [-0.2, 0) is 11.3 Å². The molecule has 1 N–H and O–H groups in total. The van der Waals surface area contributed by atoms with Crippen LogP contribution in [0.2, 0.25) is 5.02 Å². The quantitative estimate of drug-likeness (QED) is 0.645. The van der Waals surface area contributed by atoms with E-state index in [0.29, 0.717) is 23.7 Å². The number of carbonyl (C=O) groups excluding carboxylic acids is 1. The van der Waals surface area contributed by atoms with Gasteiger partial charge >= 0.3 is 5.82 Å². The van der Waals surface area contributed by atoms with Crippen LogP contribution in [0.15, 0.2) is 24.3 Å². The molecule has 0 aliphatic rings. The van der Waals surface area contributed by atoms with Crippen LogP contribution in [0, 0.1) is 17.0 Å². The van der Waals surface area contributed by atoms with Gasteiger partial charge in [-0.15, -0.1) is 0 Å². The van der Waals surface area contributed by atoms with Crippen molar-refractivity contribution in [2.45, 2.75) is 20.4 Å². The third-order valence-corrected chi connectivity index (χ3v) is 3.47. The number of nitrogens with zero attached hydrogens (tertiary/aromatic N) is 3. The van der Waals surface area contributed by atoms with Crippen LogP contribution in [0.1, 0.15) is 12.6 Å². The van der Waals surface area contributed by atoms with Crippen molar-refractivity contribution in [3.63, 3.8) is 0 Å². The lowest BCUT2D eigenvalue weighted by Gasteiger charge is -2.06. The Morgan fingerprint density at radius 1 is 1.43 bits per heavy atom. The van der Waals surface area contributed by atoms with Crippen LogP contribution in [0.4, 0.5) is 11.5 Å². The van der Waals surface area contributed by atoms with Gasteiger partial charge in [-0.2, -0.15) is 4.68 Å². The zero-order valence-corrected chi connectivity index (χ0v) is 13.3. The van der Waals surface area contributed by atoms with Crippen molar-refractivity contribution in [3.8, 4) is 5.75 Å². The van der Waals surface area contributed by atoms with Gasteiger partial charge in [0.05, 0.1) is 17.4 Å². The topological polar surface area (TPSA) is 99.3 Å². The molecule has 0 unspecified atom stereocenters. The fourth-order valence-electron chi connectivity index (χ4n) is 1.92. The maximum atomic E-state index is 12.0. The van der Waals surface area contributed by atoms with E-state index in [2.05, 4.69) is 10.4 Å². The van der Waals surface area contributed by atoms with Gasteiger partial charge in [0.15, 0.2) is 5.02 Å². The molecule has 1 heterocycles. The van der Waals surface area contributed by atoms with E-state index in [1.54, 1.807) is 31.2 Å². The summed E-state index contributed by atoms with van der Waals surface area (Å²) >= 11 is 5.83. The monoisotopic (exact) mass is 338 g/mol. The first kappa shape index (κ1) is 16.8. The first-order valence-corrected chi connectivity index (χ1v) is 7.20. The summed E-state index contributed by atoms with van der Waals surface area (Å²) in [7, 11) is 0. The zero-order chi connectivity index (χ0) is 17.0. The Hall–Kier alpha value is -2.61. The van der Waals surface area contributed by atoms with Crippen LogP contribution in [0.3, 0.4) is 0 Å². The Kier molecular flexibility index (Phi) is 5.17. The molecule has 0 aliphatic carbocycles. The largest absolute Gasteiger partial charge is 0.494 e. The van der Waals surface area contributed by atoms with Crippen molar-refractivity contribution < 1.29 is 14.5 Å². The normalized spacial score (nSPS) is 10.4. The second-order valence-corrected chi connectivity index (χ2v) is 5.02. The number of ether oxygens (including phenoxy) is 1. The molecular weight excluding hydrogens is 324 g/mol. The van der Waals surface area contributed by atoms with Gasteiger partial charge in [0.25, 0.3) is 0 Å². The number of hydrogen-bond acceptors (Lipinski definition) is 5. The lowest BCUT2D eigenvalue weighted by Crippen LogP contribution is -2.20. The minimum Gasteiger partial charge on any atom is -0.494 e. The van der Waals surface area contributed by atoms with E-state index < -0.39 is 10.7 Å². The molecule has 0 bridgehead atoms. The van der Waals surface area contributed by atoms with Crippen molar-refractivity contribution in [1.82, 2.24) is 9.78 Å². The lowest BCUT2D eigenvalue weighted by atomic mass is 10.3. The highest BCUT2D eigenvalue weighted by atomic mass is 35.5. The zero-order valence-electron chi connectivity index (χ0n) is 12.6. The summed E-state index contributed by atoms with van der Waals surface area (Å²) in [5, 5.41) is 17.1. The summed E-state index contributed by atoms with van der Waals surface area (Å²) < 4.78 is 6.51. The lowest BCUT2D eigenvalue weighted by molar-refractivity contribution is -0.389. The number of anilines is 1. The minimum absolute atomic E-state index is 0.0659. The van der Waals surface area contributed by atoms with Crippen molar-refractivity contribution in [3.05, 3.63) is 45.1 Å². The average molecular weight is 339 g/mol. The Balaban J connectivity index is 2.05. The molecule has 0 atom stereocenters. The Labute approximate surface area is 137 Å². The number of aromatic nitrogens is 2. The van der Waals surface area contributed by atoms with Crippen molar-refractivity contribution >= 4 is 29.0 Å². The number of benzene rings is 1. The van der Waals surface area contributed by atoms with Gasteiger partial charge in [0.2, 0.25) is 5.91 Å². The minimum atomic E-state index is -0.684. The van der Waals surface area contributed by atoms with Gasteiger partial charge < -0.3 is 20.2 Å².